The molecule has 2 amide bonds. The molecule has 22 heavy (non-hydrogen) atoms. The highest BCUT2D eigenvalue weighted by Gasteiger charge is 2.12. The van der Waals surface area contributed by atoms with Crippen LogP contribution < -0.4 is 15.5 Å². The van der Waals surface area contributed by atoms with Gasteiger partial charge in [0, 0.05) is 16.6 Å². The number of ether oxygens (including phenoxy) is 1. The number of benzene rings is 1. The zero-order valence-corrected chi connectivity index (χ0v) is 14.4. The first kappa shape index (κ1) is 18.2. The van der Waals surface area contributed by atoms with Gasteiger partial charge in [0.15, 0.2) is 0 Å². The summed E-state index contributed by atoms with van der Waals surface area (Å²) < 4.78 is 6.32. The second-order valence-corrected chi connectivity index (χ2v) is 5.83. The van der Waals surface area contributed by atoms with Crippen molar-refractivity contribution in [2.45, 2.75) is 20.8 Å². The quantitative estimate of drug-likeness (QED) is 0.457. The molecular weight excluding hydrogens is 350 g/mol. The maximum Gasteiger partial charge on any atom is 0.329 e. The van der Waals surface area contributed by atoms with Crippen molar-refractivity contribution < 1.29 is 14.3 Å². The zero-order valence-electron chi connectivity index (χ0n) is 12.9. The molecule has 0 unspecified atom stereocenters. The Morgan fingerprint density at radius 2 is 2.09 bits per heavy atom. The summed E-state index contributed by atoms with van der Waals surface area (Å²) in [5.74, 6) is -0.585. The number of rotatable bonds is 6. The smallest absolute Gasteiger partial charge is 0.329 e. The van der Waals surface area contributed by atoms with E-state index in [0.717, 1.165) is 4.47 Å². The minimum atomic E-state index is -0.801. The van der Waals surface area contributed by atoms with Crippen LogP contribution in [0.25, 0.3) is 0 Å². The van der Waals surface area contributed by atoms with Gasteiger partial charge >= 0.3 is 11.8 Å². The van der Waals surface area contributed by atoms with E-state index in [4.69, 9.17) is 4.74 Å². The van der Waals surface area contributed by atoms with Gasteiger partial charge in [0.1, 0.15) is 5.75 Å². The number of carbonyl (C=O) groups is 2. The molecule has 0 fully saturated rings. The summed E-state index contributed by atoms with van der Waals surface area (Å²) in [7, 11) is 0. The van der Waals surface area contributed by atoms with Gasteiger partial charge in [-0.2, -0.15) is 5.10 Å². The van der Waals surface area contributed by atoms with Crippen molar-refractivity contribution in [1.29, 1.82) is 0 Å². The summed E-state index contributed by atoms with van der Waals surface area (Å²) in [4.78, 5) is 23.0. The predicted molar refractivity (Wildman–Crippen MR) is 88.9 cm³/mol. The molecule has 0 atom stereocenters. The molecule has 1 rings (SSSR count). The van der Waals surface area contributed by atoms with Gasteiger partial charge in [0.2, 0.25) is 0 Å². The Morgan fingerprint density at radius 1 is 1.36 bits per heavy atom. The number of hydrogen-bond donors (Lipinski definition) is 2. The summed E-state index contributed by atoms with van der Waals surface area (Å²) in [5, 5.41) is 6.30. The van der Waals surface area contributed by atoms with E-state index in [9.17, 15) is 9.59 Å². The number of hydrogen-bond acceptors (Lipinski definition) is 4. The van der Waals surface area contributed by atoms with Gasteiger partial charge in [-0.05, 0) is 31.0 Å². The van der Waals surface area contributed by atoms with Gasteiger partial charge in [-0.15, -0.1) is 0 Å². The molecule has 6 nitrogen and oxygen atoms in total. The van der Waals surface area contributed by atoms with E-state index >= 15 is 0 Å². The van der Waals surface area contributed by atoms with E-state index in [1.165, 1.54) is 6.21 Å². The molecule has 0 aliphatic heterocycles. The highest BCUT2D eigenvalue weighted by atomic mass is 79.9. The van der Waals surface area contributed by atoms with Gasteiger partial charge in [-0.1, -0.05) is 29.8 Å². The molecule has 0 saturated carbocycles. The second kappa shape index (κ2) is 9.19. The van der Waals surface area contributed by atoms with Crippen LogP contribution in [0, 0.1) is 5.92 Å². The monoisotopic (exact) mass is 369 g/mol. The van der Waals surface area contributed by atoms with Crippen molar-refractivity contribution in [2.24, 2.45) is 11.0 Å². The number of hydrazone groups is 1. The molecule has 0 spiro atoms. The summed E-state index contributed by atoms with van der Waals surface area (Å²) in [6.45, 7) is 6.73. The molecule has 0 bridgehead atoms. The van der Waals surface area contributed by atoms with Gasteiger partial charge in [-0.25, -0.2) is 5.43 Å². The molecule has 0 aliphatic carbocycles. The fourth-order valence-electron chi connectivity index (χ4n) is 1.50. The van der Waals surface area contributed by atoms with Gasteiger partial charge < -0.3 is 10.1 Å². The third kappa shape index (κ3) is 6.26. The average molecular weight is 370 g/mol. The van der Waals surface area contributed by atoms with Crippen molar-refractivity contribution in [2.75, 3.05) is 13.2 Å². The highest BCUT2D eigenvalue weighted by Crippen LogP contribution is 2.21. The first-order chi connectivity index (χ1) is 10.4. The maximum atomic E-state index is 11.5. The fourth-order valence-corrected chi connectivity index (χ4v) is 1.87. The van der Waals surface area contributed by atoms with E-state index in [1.807, 2.05) is 26.8 Å². The van der Waals surface area contributed by atoms with Crippen LogP contribution >= 0.6 is 15.9 Å². The zero-order chi connectivity index (χ0) is 16.5. The molecule has 0 radical (unpaired) electrons. The van der Waals surface area contributed by atoms with Crippen LogP contribution in [0.2, 0.25) is 0 Å². The second-order valence-electron chi connectivity index (χ2n) is 4.92. The lowest BCUT2D eigenvalue weighted by Crippen LogP contribution is -2.39. The molecule has 0 saturated heterocycles. The Bertz CT molecular complexity index is 559. The number of carbonyl (C=O) groups excluding carboxylic acids is 2. The van der Waals surface area contributed by atoms with Crippen LogP contribution in [0.1, 0.15) is 26.3 Å². The molecule has 0 heterocycles. The van der Waals surface area contributed by atoms with E-state index in [1.54, 1.807) is 12.1 Å². The molecule has 120 valence electrons. The molecule has 1 aromatic rings. The standard InChI is InChI=1S/C15H20BrN3O3/c1-4-22-13-6-5-12(16)7-11(13)9-18-19-15(21)14(20)17-8-10(2)3/h5-7,9-10H,4,8H2,1-3H3,(H,17,20)(H,19,21)/b18-9-. The third-order valence-electron chi connectivity index (χ3n) is 2.52. The lowest BCUT2D eigenvalue weighted by molar-refractivity contribution is -0.139. The lowest BCUT2D eigenvalue weighted by atomic mass is 10.2. The topological polar surface area (TPSA) is 79.8 Å². The first-order valence-corrected chi connectivity index (χ1v) is 7.77. The molecular formula is C15H20BrN3O3. The van der Waals surface area contributed by atoms with Crippen LogP contribution in [0.3, 0.4) is 0 Å². The Kier molecular flexibility index (Phi) is 7.59. The predicted octanol–water partition coefficient (Wildman–Crippen LogP) is 2.07. The van der Waals surface area contributed by atoms with Crippen molar-refractivity contribution in [3.8, 4) is 5.75 Å². The van der Waals surface area contributed by atoms with Gasteiger partial charge in [0.25, 0.3) is 0 Å². The average Bonchev–Trinajstić information content (AvgIpc) is 2.47. The highest BCUT2D eigenvalue weighted by molar-refractivity contribution is 9.10. The normalized spacial score (nSPS) is 10.8. The van der Waals surface area contributed by atoms with Gasteiger partial charge in [-0.3, -0.25) is 9.59 Å². The first-order valence-electron chi connectivity index (χ1n) is 6.97. The van der Waals surface area contributed by atoms with Crippen molar-refractivity contribution in [3.63, 3.8) is 0 Å². The number of halogens is 1. The fraction of sp³-hybridized carbons (Fsp3) is 0.400. The molecule has 2 N–H and O–H groups in total. The summed E-state index contributed by atoms with van der Waals surface area (Å²) in [5.41, 5.74) is 2.88. The van der Waals surface area contributed by atoms with Crippen molar-refractivity contribution in [3.05, 3.63) is 28.2 Å². The summed E-state index contributed by atoms with van der Waals surface area (Å²) in [6, 6.07) is 5.45. The molecule has 0 aromatic heterocycles. The van der Waals surface area contributed by atoms with Crippen LogP contribution in [-0.2, 0) is 9.59 Å². The van der Waals surface area contributed by atoms with E-state index < -0.39 is 11.8 Å². The Balaban J connectivity index is 2.63. The van der Waals surface area contributed by atoms with E-state index in [-0.39, 0.29) is 5.92 Å². The minimum absolute atomic E-state index is 0.274. The van der Waals surface area contributed by atoms with Crippen LogP contribution in [-0.4, -0.2) is 31.2 Å². The number of nitrogens with zero attached hydrogens (tertiary/aromatic N) is 1. The summed E-state index contributed by atoms with van der Waals surface area (Å²) >= 11 is 3.36. The third-order valence-corrected chi connectivity index (χ3v) is 3.01. The lowest BCUT2D eigenvalue weighted by Gasteiger charge is -2.07. The van der Waals surface area contributed by atoms with Gasteiger partial charge in [0.05, 0.1) is 12.8 Å². The maximum absolute atomic E-state index is 11.5. The Morgan fingerprint density at radius 3 is 2.73 bits per heavy atom. The largest absolute Gasteiger partial charge is 0.493 e. The molecule has 1 aromatic carbocycles. The molecule has 7 heteroatoms. The summed E-state index contributed by atoms with van der Waals surface area (Å²) in [6.07, 6.45) is 1.43. The van der Waals surface area contributed by atoms with Crippen LogP contribution in [0.4, 0.5) is 0 Å². The number of amides is 2. The van der Waals surface area contributed by atoms with Crippen LogP contribution in [0.15, 0.2) is 27.8 Å². The van der Waals surface area contributed by atoms with Crippen LogP contribution in [0.5, 0.6) is 5.75 Å². The Hall–Kier alpha value is -1.89. The van der Waals surface area contributed by atoms with Crippen molar-refractivity contribution in [1.82, 2.24) is 10.7 Å². The SMILES string of the molecule is CCOc1ccc(Br)cc1/C=N\NC(=O)C(=O)NCC(C)C. The van der Waals surface area contributed by atoms with E-state index in [2.05, 4.69) is 31.8 Å². The molecule has 0 aliphatic rings. The Labute approximate surface area is 138 Å². The number of nitrogens with one attached hydrogen (secondary N) is 2. The van der Waals surface area contributed by atoms with Crippen molar-refractivity contribution >= 4 is 34.0 Å². The minimum Gasteiger partial charge on any atom is -0.493 e. The van der Waals surface area contributed by atoms with E-state index in [0.29, 0.717) is 24.5 Å².